The molecule has 0 spiro atoms. The Morgan fingerprint density at radius 2 is 2.06 bits per heavy atom. The van der Waals surface area contributed by atoms with Gasteiger partial charge in [-0.2, -0.15) is 10.2 Å². The molecule has 0 unspecified atom stereocenters. The molecule has 0 bridgehead atoms. The van der Waals surface area contributed by atoms with Crippen LogP contribution in [0.2, 0.25) is 0 Å². The maximum atomic E-state index is 8.94. The number of nitrogens with zero attached hydrogens (tertiary/aromatic N) is 3. The van der Waals surface area contributed by atoms with Crippen molar-refractivity contribution in [2.75, 3.05) is 0 Å². The minimum atomic E-state index is 0.269. The van der Waals surface area contributed by atoms with Crippen LogP contribution in [0.1, 0.15) is 17.0 Å². The lowest BCUT2D eigenvalue weighted by Gasteiger charge is -2.07. The quantitative estimate of drug-likeness (QED) is 0.885. The van der Waals surface area contributed by atoms with Crippen molar-refractivity contribution in [2.45, 2.75) is 13.5 Å². The maximum Gasteiger partial charge on any atom is 0.240 e. The van der Waals surface area contributed by atoms with Crippen LogP contribution in [0.15, 0.2) is 30.5 Å². The largest absolute Gasteiger partial charge is 0.438 e. The normalized spacial score (nSPS) is 9.83. The number of benzene rings is 1. The van der Waals surface area contributed by atoms with Gasteiger partial charge in [-0.25, -0.2) is 4.98 Å². The summed E-state index contributed by atoms with van der Waals surface area (Å²) >= 11 is 0. The Labute approximate surface area is 105 Å². The van der Waals surface area contributed by atoms with Gasteiger partial charge >= 0.3 is 0 Å². The van der Waals surface area contributed by atoms with Crippen LogP contribution in [-0.4, -0.2) is 9.97 Å². The Bertz CT molecular complexity index is 587. The van der Waals surface area contributed by atoms with E-state index >= 15 is 0 Å². The molecule has 5 nitrogen and oxygen atoms in total. The first-order valence-electron chi connectivity index (χ1n) is 5.43. The molecule has 0 aliphatic rings. The summed E-state index contributed by atoms with van der Waals surface area (Å²) in [6, 6.07) is 9.32. The van der Waals surface area contributed by atoms with E-state index in [1.54, 1.807) is 19.1 Å². The van der Waals surface area contributed by atoms with E-state index in [2.05, 4.69) is 9.97 Å². The van der Waals surface area contributed by atoms with Crippen LogP contribution in [0.5, 0.6) is 11.6 Å². The van der Waals surface area contributed by atoms with E-state index in [9.17, 15) is 0 Å². The summed E-state index contributed by atoms with van der Waals surface area (Å²) in [4.78, 5) is 8.05. The van der Waals surface area contributed by atoms with Crippen molar-refractivity contribution in [3.63, 3.8) is 0 Å². The van der Waals surface area contributed by atoms with Crippen molar-refractivity contribution in [1.29, 1.82) is 5.26 Å². The highest BCUT2D eigenvalue weighted by atomic mass is 16.5. The second-order valence-corrected chi connectivity index (χ2v) is 3.70. The number of hydrogen-bond donors (Lipinski definition) is 1. The van der Waals surface area contributed by atoms with Crippen LogP contribution < -0.4 is 10.5 Å². The fourth-order valence-electron chi connectivity index (χ4n) is 1.41. The summed E-state index contributed by atoms with van der Waals surface area (Å²) in [6.45, 7) is 2.22. The molecule has 18 heavy (non-hydrogen) atoms. The number of aromatic nitrogens is 2. The van der Waals surface area contributed by atoms with Gasteiger partial charge in [0.1, 0.15) is 23.2 Å². The molecule has 0 atom stereocenters. The maximum absolute atomic E-state index is 8.94. The van der Waals surface area contributed by atoms with E-state index < -0.39 is 0 Å². The van der Waals surface area contributed by atoms with Gasteiger partial charge in [0.25, 0.3) is 0 Å². The predicted octanol–water partition coefficient (Wildman–Crippen LogP) is 1.91. The Morgan fingerprint density at radius 3 is 2.67 bits per heavy atom. The van der Waals surface area contributed by atoms with Crippen LogP contribution >= 0.6 is 0 Å². The predicted molar refractivity (Wildman–Crippen MR) is 65.9 cm³/mol. The molecule has 0 radical (unpaired) electrons. The Morgan fingerprint density at radius 1 is 1.33 bits per heavy atom. The number of aryl methyl sites for hydroxylation is 1. The van der Waals surface area contributed by atoms with Gasteiger partial charge in [-0.1, -0.05) is 12.1 Å². The van der Waals surface area contributed by atoms with Crippen LogP contribution in [0.25, 0.3) is 0 Å². The molecule has 1 heterocycles. The molecule has 2 aromatic rings. The highest BCUT2D eigenvalue weighted by Crippen LogP contribution is 2.22. The van der Waals surface area contributed by atoms with E-state index in [0.29, 0.717) is 23.7 Å². The summed E-state index contributed by atoms with van der Waals surface area (Å²) in [5, 5.41) is 8.94. The van der Waals surface area contributed by atoms with E-state index in [4.69, 9.17) is 15.7 Å². The zero-order chi connectivity index (χ0) is 13.0. The van der Waals surface area contributed by atoms with Gasteiger partial charge in [0.15, 0.2) is 0 Å². The van der Waals surface area contributed by atoms with E-state index in [1.165, 1.54) is 6.20 Å². The monoisotopic (exact) mass is 240 g/mol. The van der Waals surface area contributed by atoms with Crippen LogP contribution in [0.3, 0.4) is 0 Å². The SMILES string of the molecule is Cc1ncc(C#N)c(Oc2ccc(CN)cc2)n1. The fraction of sp³-hybridized carbons (Fsp3) is 0.154. The van der Waals surface area contributed by atoms with Gasteiger partial charge in [0, 0.05) is 6.54 Å². The molecule has 0 aliphatic heterocycles. The van der Waals surface area contributed by atoms with E-state index in [1.807, 2.05) is 18.2 Å². The topological polar surface area (TPSA) is 84.8 Å². The number of hydrogen-bond acceptors (Lipinski definition) is 5. The molecular formula is C13H12N4O. The molecule has 0 amide bonds. The average molecular weight is 240 g/mol. The summed E-state index contributed by atoms with van der Waals surface area (Å²) in [6.07, 6.45) is 1.45. The standard InChI is InChI=1S/C13H12N4O/c1-9-16-8-11(7-15)13(17-9)18-12-4-2-10(6-14)3-5-12/h2-5,8H,6,14H2,1H3. The summed E-state index contributed by atoms with van der Waals surface area (Å²) in [7, 11) is 0. The number of ether oxygens (including phenoxy) is 1. The highest BCUT2D eigenvalue weighted by molar-refractivity contribution is 5.39. The Hall–Kier alpha value is -2.45. The first-order valence-corrected chi connectivity index (χ1v) is 5.43. The molecule has 1 aromatic heterocycles. The fourth-order valence-corrected chi connectivity index (χ4v) is 1.41. The Kier molecular flexibility index (Phi) is 3.51. The van der Waals surface area contributed by atoms with Gasteiger partial charge in [0.2, 0.25) is 5.88 Å². The molecule has 0 saturated heterocycles. The zero-order valence-electron chi connectivity index (χ0n) is 9.92. The Balaban J connectivity index is 2.27. The van der Waals surface area contributed by atoms with Crippen molar-refractivity contribution in [1.82, 2.24) is 9.97 Å². The number of nitriles is 1. The first-order chi connectivity index (χ1) is 8.72. The highest BCUT2D eigenvalue weighted by Gasteiger charge is 2.07. The molecule has 0 fully saturated rings. The zero-order valence-corrected chi connectivity index (χ0v) is 9.92. The molecule has 2 rings (SSSR count). The second-order valence-electron chi connectivity index (χ2n) is 3.70. The lowest BCUT2D eigenvalue weighted by Crippen LogP contribution is -1.98. The molecular weight excluding hydrogens is 228 g/mol. The van der Waals surface area contributed by atoms with Crippen molar-refractivity contribution < 1.29 is 4.74 Å². The minimum absolute atomic E-state index is 0.269. The van der Waals surface area contributed by atoms with Gasteiger partial charge in [-0.05, 0) is 24.6 Å². The van der Waals surface area contributed by atoms with E-state index in [-0.39, 0.29) is 5.88 Å². The lowest BCUT2D eigenvalue weighted by molar-refractivity contribution is 0.458. The van der Waals surface area contributed by atoms with Crippen molar-refractivity contribution in [3.05, 3.63) is 47.4 Å². The molecule has 5 heteroatoms. The van der Waals surface area contributed by atoms with Crippen molar-refractivity contribution in [2.24, 2.45) is 5.73 Å². The summed E-state index contributed by atoms with van der Waals surface area (Å²) in [5.74, 6) is 1.44. The average Bonchev–Trinajstić information content (AvgIpc) is 2.40. The smallest absolute Gasteiger partial charge is 0.240 e. The van der Waals surface area contributed by atoms with Gasteiger partial charge in [0.05, 0.1) is 6.20 Å². The van der Waals surface area contributed by atoms with Crippen LogP contribution in [0, 0.1) is 18.3 Å². The van der Waals surface area contributed by atoms with Crippen LogP contribution in [0.4, 0.5) is 0 Å². The first kappa shape index (κ1) is 12.0. The van der Waals surface area contributed by atoms with Crippen LogP contribution in [-0.2, 0) is 6.54 Å². The van der Waals surface area contributed by atoms with Crippen molar-refractivity contribution in [3.8, 4) is 17.7 Å². The molecule has 0 aliphatic carbocycles. The summed E-state index contributed by atoms with van der Waals surface area (Å²) < 4.78 is 5.57. The molecule has 0 saturated carbocycles. The van der Waals surface area contributed by atoms with Gasteiger partial charge in [-0.3, -0.25) is 0 Å². The third kappa shape index (κ3) is 2.62. The van der Waals surface area contributed by atoms with E-state index in [0.717, 1.165) is 5.56 Å². The van der Waals surface area contributed by atoms with Crippen molar-refractivity contribution >= 4 is 0 Å². The lowest BCUT2D eigenvalue weighted by atomic mass is 10.2. The summed E-state index contributed by atoms with van der Waals surface area (Å²) in [5.41, 5.74) is 6.84. The number of rotatable bonds is 3. The molecule has 2 N–H and O–H groups in total. The third-order valence-corrected chi connectivity index (χ3v) is 2.37. The number of nitrogens with two attached hydrogens (primary N) is 1. The second kappa shape index (κ2) is 5.25. The van der Waals surface area contributed by atoms with Gasteiger partial charge < -0.3 is 10.5 Å². The molecule has 90 valence electrons. The molecule has 1 aromatic carbocycles. The third-order valence-electron chi connectivity index (χ3n) is 2.37. The van der Waals surface area contributed by atoms with Gasteiger partial charge in [-0.15, -0.1) is 0 Å². The minimum Gasteiger partial charge on any atom is -0.438 e.